The molecule has 0 aromatic heterocycles. The zero-order valence-electron chi connectivity index (χ0n) is 30.6. The number of hydrogen-bond donors (Lipinski definition) is 2. The van der Waals surface area contributed by atoms with Crippen LogP contribution >= 0.6 is 11.8 Å². The number of thioether (sulfide) groups is 1. The van der Waals surface area contributed by atoms with Crippen molar-refractivity contribution in [1.82, 2.24) is 9.62 Å². The highest BCUT2D eigenvalue weighted by atomic mass is 32.2. The number of anilines is 2. The molecule has 0 spiro atoms. The number of sulfonamides is 1. The van der Waals surface area contributed by atoms with Crippen LogP contribution in [0.15, 0.2) is 131 Å². The number of alkyl halides is 3. The SMILES string of the molecule is CCOc1cccc(-c2ccc(C(C)N3CCN(c4ccc(C(=O)NS(=O)(=O)c5ccc(NCCSc6ccccc6)c(C(F)(F)F)c5)cc4)CC3)cc2)c1. The molecule has 6 rings (SSSR count). The highest BCUT2D eigenvalue weighted by Crippen LogP contribution is 2.37. The Balaban J connectivity index is 1.02. The van der Waals surface area contributed by atoms with Gasteiger partial charge in [0.1, 0.15) is 5.75 Å². The Labute approximate surface area is 324 Å². The Kier molecular flexibility index (Phi) is 12.7. The van der Waals surface area contributed by atoms with E-state index in [1.807, 2.05) is 60.2 Å². The second-order valence-electron chi connectivity index (χ2n) is 13.1. The van der Waals surface area contributed by atoms with Crippen LogP contribution < -0.4 is 19.7 Å². The molecule has 0 bridgehead atoms. The van der Waals surface area contributed by atoms with Crippen LogP contribution in [0.4, 0.5) is 24.5 Å². The molecular formula is C42H43F3N4O4S2. The molecule has 1 amide bonds. The molecule has 13 heteroatoms. The fourth-order valence-corrected chi connectivity index (χ4v) is 8.27. The predicted molar refractivity (Wildman–Crippen MR) is 213 cm³/mol. The summed E-state index contributed by atoms with van der Waals surface area (Å²) in [4.78, 5) is 17.9. The summed E-state index contributed by atoms with van der Waals surface area (Å²) in [5, 5.41) is 2.76. The van der Waals surface area contributed by atoms with Gasteiger partial charge in [0.2, 0.25) is 0 Å². The second kappa shape index (κ2) is 17.7. The van der Waals surface area contributed by atoms with E-state index in [0.29, 0.717) is 18.4 Å². The lowest BCUT2D eigenvalue weighted by atomic mass is 10.00. The minimum absolute atomic E-state index is 0.0675. The van der Waals surface area contributed by atoms with Gasteiger partial charge in [0.05, 0.1) is 17.1 Å². The lowest BCUT2D eigenvalue weighted by Crippen LogP contribution is -2.47. The molecule has 8 nitrogen and oxygen atoms in total. The van der Waals surface area contributed by atoms with Crippen LogP contribution in [-0.2, 0) is 16.2 Å². The van der Waals surface area contributed by atoms with Crippen molar-refractivity contribution in [2.75, 3.05) is 55.3 Å². The second-order valence-corrected chi connectivity index (χ2v) is 15.9. The first-order valence-corrected chi connectivity index (χ1v) is 20.5. The number of carbonyl (C=O) groups excluding carboxylic acids is 1. The van der Waals surface area contributed by atoms with Gasteiger partial charge < -0.3 is 15.0 Å². The van der Waals surface area contributed by atoms with Gasteiger partial charge >= 0.3 is 6.18 Å². The van der Waals surface area contributed by atoms with Gasteiger partial charge in [-0.2, -0.15) is 13.2 Å². The number of rotatable bonds is 14. The van der Waals surface area contributed by atoms with Gasteiger partial charge in [-0.1, -0.05) is 54.6 Å². The van der Waals surface area contributed by atoms with Crippen LogP contribution in [0.1, 0.15) is 41.4 Å². The maximum atomic E-state index is 14.0. The summed E-state index contributed by atoms with van der Waals surface area (Å²) in [7, 11) is -4.61. The molecule has 1 unspecified atom stereocenters. The molecule has 0 radical (unpaired) electrons. The van der Waals surface area contributed by atoms with E-state index < -0.39 is 32.6 Å². The van der Waals surface area contributed by atoms with Crippen molar-refractivity contribution in [1.29, 1.82) is 0 Å². The number of nitrogens with zero attached hydrogens (tertiary/aromatic N) is 2. The van der Waals surface area contributed by atoms with E-state index in [9.17, 15) is 26.4 Å². The van der Waals surface area contributed by atoms with E-state index in [-0.39, 0.29) is 23.8 Å². The Morgan fingerprint density at radius 3 is 2.22 bits per heavy atom. The number of ether oxygens (including phenoxy) is 1. The van der Waals surface area contributed by atoms with E-state index in [0.717, 1.165) is 65.8 Å². The molecular weight excluding hydrogens is 746 g/mol. The fourth-order valence-electron chi connectivity index (χ4n) is 6.48. The van der Waals surface area contributed by atoms with Gasteiger partial charge in [0.25, 0.3) is 15.9 Å². The lowest BCUT2D eigenvalue weighted by Gasteiger charge is -2.39. The molecule has 0 aliphatic carbocycles. The Morgan fingerprint density at radius 1 is 0.836 bits per heavy atom. The number of halogens is 3. The Morgan fingerprint density at radius 2 is 1.55 bits per heavy atom. The van der Waals surface area contributed by atoms with Gasteiger partial charge in [-0.3, -0.25) is 9.69 Å². The maximum Gasteiger partial charge on any atom is 0.418 e. The lowest BCUT2D eigenvalue weighted by molar-refractivity contribution is -0.137. The summed E-state index contributed by atoms with van der Waals surface area (Å²) in [6.07, 6.45) is -4.83. The van der Waals surface area contributed by atoms with E-state index in [1.165, 1.54) is 29.5 Å². The molecule has 1 aliphatic heterocycles. The van der Waals surface area contributed by atoms with Gasteiger partial charge in [-0.25, -0.2) is 13.1 Å². The van der Waals surface area contributed by atoms with Crippen molar-refractivity contribution in [2.45, 2.75) is 35.9 Å². The molecule has 1 aliphatic rings. The fraction of sp³-hybridized carbons (Fsp3) is 0.262. The van der Waals surface area contributed by atoms with Gasteiger partial charge in [-0.05, 0) is 97.3 Å². The molecule has 1 atom stereocenters. The summed E-state index contributed by atoms with van der Waals surface area (Å²) < 4.78 is 75.8. The Bertz CT molecular complexity index is 2160. The summed E-state index contributed by atoms with van der Waals surface area (Å²) in [6, 6.07) is 35.5. The first-order chi connectivity index (χ1) is 26.4. The summed E-state index contributed by atoms with van der Waals surface area (Å²) in [5.74, 6) is 0.405. The highest BCUT2D eigenvalue weighted by molar-refractivity contribution is 7.99. The van der Waals surface area contributed by atoms with Crippen LogP contribution in [0.25, 0.3) is 11.1 Å². The van der Waals surface area contributed by atoms with Gasteiger partial charge in [-0.15, -0.1) is 11.8 Å². The van der Waals surface area contributed by atoms with Gasteiger partial charge in [0, 0.05) is 66.4 Å². The van der Waals surface area contributed by atoms with Crippen LogP contribution in [0.5, 0.6) is 5.75 Å². The van der Waals surface area contributed by atoms with E-state index in [4.69, 9.17) is 4.74 Å². The molecule has 0 saturated carbocycles. The van der Waals surface area contributed by atoms with Crippen LogP contribution in [0.2, 0.25) is 0 Å². The quantitative estimate of drug-likeness (QED) is 0.0852. The topological polar surface area (TPSA) is 91.0 Å². The average Bonchev–Trinajstić information content (AvgIpc) is 3.19. The highest BCUT2D eigenvalue weighted by Gasteiger charge is 2.35. The smallest absolute Gasteiger partial charge is 0.418 e. The van der Waals surface area contributed by atoms with E-state index >= 15 is 0 Å². The molecule has 55 heavy (non-hydrogen) atoms. The first-order valence-electron chi connectivity index (χ1n) is 18.0. The van der Waals surface area contributed by atoms with Crippen LogP contribution in [0.3, 0.4) is 0 Å². The standard InChI is InChI=1S/C42H43F3N4O4S2/c1-3-53-36-9-7-8-34(28-36)32-14-12-31(13-15-32)30(2)48-23-25-49(26-24-48)35-18-16-33(17-19-35)41(50)47-55(51,52)38-20-21-40(39(29-38)42(43,44)45)46-22-27-54-37-10-5-4-6-11-37/h4-21,28-30,46H,3,22-27H2,1-2H3,(H,47,50). The molecule has 1 fully saturated rings. The number of carbonyl (C=O) groups is 1. The van der Waals surface area contributed by atoms with E-state index in [2.05, 4.69) is 52.4 Å². The maximum absolute atomic E-state index is 14.0. The molecule has 288 valence electrons. The predicted octanol–water partition coefficient (Wildman–Crippen LogP) is 8.98. The average molecular weight is 789 g/mol. The first kappa shape index (κ1) is 39.7. The monoisotopic (exact) mass is 788 g/mol. The van der Waals surface area contributed by atoms with E-state index in [1.54, 1.807) is 12.1 Å². The zero-order valence-corrected chi connectivity index (χ0v) is 32.2. The summed E-state index contributed by atoms with van der Waals surface area (Å²) in [6.45, 7) is 8.15. The van der Waals surface area contributed by atoms with Crippen molar-refractivity contribution >= 4 is 39.1 Å². The number of hydrogen-bond acceptors (Lipinski definition) is 8. The normalized spacial score (nSPS) is 14.3. The van der Waals surface area contributed by atoms with Crippen LogP contribution in [-0.4, -0.2) is 64.3 Å². The third-order valence-electron chi connectivity index (χ3n) is 9.49. The molecule has 1 heterocycles. The van der Waals surface area contributed by atoms with Crippen molar-refractivity contribution in [3.63, 3.8) is 0 Å². The molecule has 2 N–H and O–H groups in total. The largest absolute Gasteiger partial charge is 0.494 e. The van der Waals surface area contributed by atoms with Crippen molar-refractivity contribution < 1.29 is 31.1 Å². The molecule has 5 aromatic carbocycles. The Hall–Kier alpha value is -4.98. The minimum atomic E-state index is -4.83. The third kappa shape index (κ3) is 10.2. The molecule has 5 aromatic rings. The van der Waals surface area contributed by atoms with Crippen molar-refractivity contribution in [2.24, 2.45) is 0 Å². The summed E-state index contributed by atoms with van der Waals surface area (Å²) in [5.41, 5.74) is 3.02. The van der Waals surface area contributed by atoms with Crippen molar-refractivity contribution in [3.05, 3.63) is 138 Å². The minimum Gasteiger partial charge on any atom is -0.494 e. The van der Waals surface area contributed by atoms with Gasteiger partial charge in [0.15, 0.2) is 0 Å². The van der Waals surface area contributed by atoms with Crippen LogP contribution in [0, 0.1) is 0 Å². The zero-order chi connectivity index (χ0) is 39.0. The number of piperazine rings is 1. The number of benzene rings is 5. The number of nitrogens with one attached hydrogen (secondary N) is 2. The molecule has 1 saturated heterocycles. The summed E-state index contributed by atoms with van der Waals surface area (Å²) >= 11 is 1.48. The van der Waals surface area contributed by atoms with Crippen molar-refractivity contribution in [3.8, 4) is 16.9 Å². The third-order valence-corrected chi connectivity index (χ3v) is 11.8. The number of amides is 1.